The molecule has 1 saturated carbocycles. The maximum Gasteiger partial charge on any atom is 0.230 e. The smallest absolute Gasteiger partial charge is 0.230 e. The number of nitrogens with two attached hydrogens (primary N) is 1. The minimum absolute atomic E-state index is 0.407. The van der Waals surface area contributed by atoms with E-state index < -0.39 is 0 Å². The maximum atomic E-state index is 5.73. The molecule has 1 aromatic heterocycles. The molecule has 0 atom stereocenters. The van der Waals surface area contributed by atoms with E-state index in [1.165, 1.54) is 18.4 Å². The van der Waals surface area contributed by atoms with Crippen molar-refractivity contribution in [2.75, 3.05) is 6.54 Å². The number of nitrogens with zero attached hydrogens (tertiary/aromatic N) is 2. The van der Waals surface area contributed by atoms with Gasteiger partial charge in [0.25, 0.3) is 0 Å². The largest absolute Gasteiger partial charge is 0.339 e. The molecule has 0 saturated heterocycles. The SMILES string of the molecule is Cc1ccc(-c2noc(C3CCC(CN)CC3)n2)cc1. The molecule has 1 aliphatic carbocycles. The average Bonchev–Trinajstić information content (AvgIpc) is 2.98. The van der Waals surface area contributed by atoms with Crippen LogP contribution in [0.4, 0.5) is 0 Å². The molecule has 1 heterocycles. The predicted molar refractivity (Wildman–Crippen MR) is 78.2 cm³/mol. The number of benzene rings is 1. The van der Waals surface area contributed by atoms with Crippen LogP contribution in [0.3, 0.4) is 0 Å². The lowest BCUT2D eigenvalue weighted by atomic mass is 9.82. The molecule has 0 aliphatic heterocycles. The van der Waals surface area contributed by atoms with Gasteiger partial charge < -0.3 is 10.3 Å². The zero-order chi connectivity index (χ0) is 13.9. The van der Waals surface area contributed by atoms with E-state index in [9.17, 15) is 0 Å². The van der Waals surface area contributed by atoms with Crippen molar-refractivity contribution in [1.29, 1.82) is 0 Å². The van der Waals surface area contributed by atoms with Crippen LogP contribution in [-0.2, 0) is 0 Å². The fourth-order valence-corrected chi connectivity index (χ4v) is 2.87. The summed E-state index contributed by atoms with van der Waals surface area (Å²) in [6.07, 6.45) is 4.56. The molecule has 4 heteroatoms. The lowest BCUT2D eigenvalue weighted by Gasteiger charge is -2.24. The van der Waals surface area contributed by atoms with Crippen LogP contribution in [0.2, 0.25) is 0 Å². The summed E-state index contributed by atoms with van der Waals surface area (Å²) < 4.78 is 5.47. The van der Waals surface area contributed by atoms with E-state index in [0.29, 0.717) is 17.7 Å². The third-order valence-corrected chi connectivity index (χ3v) is 4.28. The van der Waals surface area contributed by atoms with E-state index in [1.54, 1.807) is 0 Å². The van der Waals surface area contributed by atoms with Crippen LogP contribution in [0, 0.1) is 12.8 Å². The van der Waals surface area contributed by atoms with Gasteiger partial charge in [0, 0.05) is 11.5 Å². The summed E-state index contributed by atoms with van der Waals surface area (Å²) in [7, 11) is 0. The first kappa shape index (κ1) is 13.3. The molecule has 3 rings (SSSR count). The van der Waals surface area contributed by atoms with Crippen molar-refractivity contribution in [2.24, 2.45) is 11.7 Å². The number of aryl methyl sites for hydroxylation is 1. The van der Waals surface area contributed by atoms with Crippen LogP contribution in [-0.4, -0.2) is 16.7 Å². The molecule has 0 unspecified atom stereocenters. The van der Waals surface area contributed by atoms with Gasteiger partial charge in [-0.05, 0) is 45.1 Å². The molecule has 20 heavy (non-hydrogen) atoms. The quantitative estimate of drug-likeness (QED) is 0.930. The molecule has 1 aromatic carbocycles. The first-order chi connectivity index (χ1) is 9.76. The van der Waals surface area contributed by atoms with Crippen molar-refractivity contribution < 1.29 is 4.52 Å². The Bertz CT molecular complexity index is 553. The highest BCUT2D eigenvalue weighted by Crippen LogP contribution is 2.35. The maximum absolute atomic E-state index is 5.73. The Kier molecular flexibility index (Phi) is 3.83. The third-order valence-electron chi connectivity index (χ3n) is 4.28. The molecular weight excluding hydrogens is 250 g/mol. The van der Waals surface area contributed by atoms with Gasteiger partial charge in [0.05, 0.1) is 0 Å². The van der Waals surface area contributed by atoms with Gasteiger partial charge in [-0.1, -0.05) is 35.0 Å². The molecule has 4 nitrogen and oxygen atoms in total. The Morgan fingerprint density at radius 3 is 2.50 bits per heavy atom. The Morgan fingerprint density at radius 2 is 1.85 bits per heavy atom. The highest BCUT2D eigenvalue weighted by Gasteiger charge is 2.25. The standard InChI is InChI=1S/C16H21N3O/c1-11-2-6-13(7-3-11)15-18-16(20-19-15)14-8-4-12(10-17)5-9-14/h2-3,6-7,12,14H,4-5,8-10,17H2,1H3. The van der Waals surface area contributed by atoms with Gasteiger partial charge in [-0.2, -0.15) is 4.98 Å². The summed E-state index contributed by atoms with van der Waals surface area (Å²) in [5.41, 5.74) is 7.98. The highest BCUT2D eigenvalue weighted by molar-refractivity contribution is 5.54. The number of aromatic nitrogens is 2. The van der Waals surface area contributed by atoms with Crippen molar-refractivity contribution in [3.05, 3.63) is 35.7 Å². The second-order valence-corrected chi connectivity index (χ2v) is 5.78. The monoisotopic (exact) mass is 271 g/mol. The van der Waals surface area contributed by atoms with Gasteiger partial charge in [0.15, 0.2) is 0 Å². The molecule has 0 radical (unpaired) electrons. The van der Waals surface area contributed by atoms with E-state index in [1.807, 2.05) is 12.1 Å². The number of hydrogen-bond acceptors (Lipinski definition) is 4. The molecule has 2 aromatic rings. The van der Waals surface area contributed by atoms with Crippen molar-refractivity contribution in [1.82, 2.24) is 10.1 Å². The normalized spacial score (nSPS) is 22.9. The van der Waals surface area contributed by atoms with Gasteiger partial charge in [-0.25, -0.2) is 0 Å². The van der Waals surface area contributed by atoms with E-state index >= 15 is 0 Å². The molecule has 1 fully saturated rings. The molecule has 2 N–H and O–H groups in total. The Morgan fingerprint density at radius 1 is 1.15 bits per heavy atom. The van der Waals surface area contributed by atoms with Crippen molar-refractivity contribution in [2.45, 2.75) is 38.5 Å². The highest BCUT2D eigenvalue weighted by atomic mass is 16.5. The lowest BCUT2D eigenvalue weighted by molar-refractivity contribution is 0.275. The van der Waals surface area contributed by atoms with E-state index in [0.717, 1.165) is 30.8 Å². The van der Waals surface area contributed by atoms with Gasteiger partial charge in [0.2, 0.25) is 11.7 Å². The first-order valence-electron chi connectivity index (χ1n) is 7.37. The third kappa shape index (κ3) is 2.75. The Labute approximate surface area is 119 Å². The van der Waals surface area contributed by atoms with Gasteiger partial charge in [-0.3, -0.25) is 0 Å². The Hall–Kier alpha value is -1.68. The minimum atomic E-state index is 0.407. The summed E-state index contributed by atoms with van der Waals surface area (Å²) in [6.45, 7) is 2.87. The second-order valence-electron chi connectivity index (χ2n) is 5.78. The van der Waals surface area contributed by atoms with Crippen molar-refractivity contribution in [3.63, 3.8) is 0 Å². The van der Waals surface area contributed by atoms with E-state index in [2.05, 4.69) is 29.2 Å². The topological polar surface area (TPSA) is 64.9 Å². The molecule has 0 spiro atoms. The average molecular weight is 271 g/mol. The fourth-order valence-electron chi connectivity index (χ4n) is 2.87. The number of rotatable bonds is 3. The predicted octanol–water partition coefficient (Wildman–Crippen LogP) is 3.28. The van der Waals surface area contributed by atoms with Gasteiger partial charge in [-0.15, -0.1) is 0 Å². The summed E-state index contributed by atoms with van der Waals surface area (Å²) in [5.74, 6) is 2.56. The summed E-state index contributed by atoms with van der Waals surface area (Å²) in [4.78, 5) is 4.58. The minimum Gasteiger partial charge on any atom is -0.339 e. The van der Waals surface area contributed by atoms with Crippen molar-refractivity contribution >= 4 is 0 Å². The molecule has 1 aliphatic rings. The zero-order valence-corrected chi connectivity index (χ0v) is 11.9. The second kappa shape index (κ2) is 5.75. The molecule has 0 bridgehead atoms. The van der Waals surface area contributed by atoms with Crippen LogP contribution in [0.25, 0.3) is 11.4 Å². The van der Waals surface area contributed by atoms with Crippen LogP contribution >= 0.6 is 0 Å². The molecular formula is C16H21N3O. The van der Waals surface area contributed by atoms with Gasteiger partial charge >= 0.3 is 0 Å². The van der Waals surface area contributed by atoms with Gasteiger partial charge in [0.1, 0.15) is 0 Å². The lowest BCUT2D eigenvalue weighted by Crippen LogP contribution is -2.20. The summed E-state index contributed by atoms with van der Waals surface area (Å²) in [5, 5.41) is 4.12. The van der Waals surface area contributed by atoms with Crippen molar-refractivity contribution in [3.8, 4) is 11.4 Å². The Balaban J connectivity index is 1.72. The molecule has 106 valence electrons. The zero-order valence-electron chi connectivity index (χ0n) is 11.9. The molecule has 0 amide bonds. The summed E-state index contributed by atoms with van der Waals surface area (Å²) in [6, 6.07) is 8.21. The van der Waals surface area contributed by atoms with E-state index in [4.69, 9.17) is 10.3 Å². The van der Waals surface area contributed by atoms with Crippen LogP contribution < -0.4 is 5.73 Å². The fraction of sp³-hybridized carbons (Fsp3) is 0.500. The first-order valence-corrected chi connectivity index (χ1v) is 7.37. The van der Waals surface area contributed by atoms with E-state index in [-0.39, 0.29) is 0 Å². The van der Waals surface area contributed by atoms with Crippen LogP contribution in [0.15, 0.2) is 28.8 Å². The van der Waals surface area contributed by atoms with Crippen LogP contribution in [0.5, 0.6) is 0 Å². The summed E-state index contributed by atoms with van der Waals surface area (Å²) >= 11 is 0. The number of hydrogen-bond donors (Lipinski definition) is 1. The van der Waals surface area contributed by atoms with Crippen LogP contribution in [0.1, 0.15) is 43.1 Å².